The molecule has 0 unspecified atom stereocenters. The van der Waals surface area contributed by atoms with Gasteiger partial charge in [0.05, 0.1) is 7.11 Å². The third-order valence-electron chi connectivity index (χ3n) is 7.34. The Morgan fingerprint density at radius 2 is 1.14 bits per heavy atom. The zero-order chi connectivity index (χ0) is 23.9. The van der Waals surface area contributed by atoms with E-state index in [1.165, 1.54) is 65.2 Å². The molecule has 0 aromatic heterocycles. The molecule has 0 amide bonds. The van der Waals surface area contributed by atoms with Crippen LogP contribution in [0.5, 0.6) is 5.75 Å². The maximum absolute atomic E-state index is 5.96. The summed E-state index contributed by atoms with van der Waals surface area (Å²) in [5, 5.41) is 0. The van der Waals surface area contributed by atoms with Crippen LogP contribution in [0, 0.1) is 5.92 Å². The Labute approximate surface area is 210 Å². The normalized spacial score (nSPS) is 14.8. The third kappa shape index (κ3) is 5.12. The Balaban J connectivity index is 1.87. The van der Waals surface area contributed by atoms with Crippen molar-refractivity contribution in [2.24, 2.45) is 5.92 Å². The first-order chi connectivity index (χ1) is 17.4. The minimum absolute atomic E-state index is 0.127. The second kappa shape index (κ2) is 11.3. The molecular formula is C33H33BO. The summed E-state index contributed by atoms with van der Waals surface area (Å²) < 4.78 is 5.96. The summed E-state index contributed by atoms with van der Waals surface area (Å²) in [5.74, 6) is 1.46. The van der Waals surface area contributed by atoms with Crippen LogP contribution < -0.4 is 15.7 Å². The summed E-state index contributed by atoms with van der Waals surface area (Å²) in [6, 6.07) is 41.6. The summed E-state index contributed by atoms with van der Waals surface area (Å²) in [7, 11) is 1.80. The zero-order valence-electron chi connectivity index (χ0n) is 20.6. The van der Waals surface area contributed by atoms with Gasteiger partial charge < -0.3 is 4.74 Å². The highest BCUT2D eigenvalue weighted by Gasteiger charge is 2.32. The van der Waals surface area contributed by atoms with Gasteiger partial charge in [0.15, 0.2) is 0 Å². The van der Waals surface area contributed by atoms with Gasteiger partial charge in [0.2, 0.25) is 6.71 Å². The largest absolute Gasteiger partial charge is 0.496 e. The molecule has 0 spiro atoms. The number of allylic oxidation sites excluding steroid dienone is 1. The van der Waals surface area contributed by atoms with E-state index in [2.05, 4.69) is 115 Å². The first kappa shape index (κ1) is 23.2. The second-order valence-electron chi connectivity index (χ2n) is 9.48. The summed E-state index contributed by atoms with van der Waals surface area (Å²) in [6.45, 7) is 0.127. The summed E-state index contributed by atoms with van der Waals surface area (Å²) in [5.41, 5.74) is 8.02. The van der Waals surface area contributed by atoms with Gasteiger partial charge in [-0.25, -0.2) is 0 Å². The topological polar surface area (TPSA) is 9.23 Å². The van der Waals surface area contributed by atoms with Gasteiger partial charge in [0.25, 0.3) is 0 Å². The molecule has 1 saturated carbocycles. The summed E-state index contributed by atoms with van der Waals surface area (Å²) in [4.78, 5) is 0. The van der Waals surface area contributed by atoms with Gasteiger partial charge in [0.1, 0.15) is 5.75 Å². The van der Waals surface area contributed by atoms with E-state index in [1.54, 1.807) is 7.11 Å². The molecule has 0 N–H and O–H groups in total. The van der Waals surface area contributed by atoms with Crippen molar-refractivity contribution in [3.63, 3.8) is 0 Å². The number of hydrogen-bond donors (Lipinski definition) is 0. The molecule has 0 radical (unpaired) electrons. The Bertz CT molecular complexity index is 1200. The van der Waals surface area contributed by atoms with E-state index in [9.17, 15) is 0 Å². The average Bonchev–Trinajstić information content (AvgIpc) is 2.95. The third-order valence-corrected chi connectivity index (χ3v) is 7.34. The van der Waals surface area contributed by atoms with Crippen LogP contribution in [0.4, 0.5) is 0 Å². The molecule has 1 aliphatic rings. The lowest BCUT2D eigenvalue weighted by atomic mass is 9.34. The maximum atomic E-state index is 5.96. The fraction of sp³-hybridized carbons (Fsp3) is 0.212. The van der Waals surface area contributed by atoms with Crippen molar-refractivity contribution in [2.75, 3.05) is 7.11 Å². The van der Waals surface area contributed by atoms with E-state index in [1.807, 2.05) is 0 Å². The monoisotopic (exact) mass is 456 g/mol. The Hall–Kier alpha value is -3.52. The van der Waals surface area contributed by atoms with Crippen LogP contribution in [0.1, 0.15) is 43.2 Å². The highest BCUT2D eigenvalue weighted by atomic mass is 16.5. The van der Waals surface area contributed by atoms with Gasteiger partial charge in [-0.1, -0.05) is 145 Å². The molecule has 4 aromatic carbocycles. The second-order valence-corrected chi connectivity index (χ2v) is 9.48. The van der Waals surface area contributed by atoms with Gasteiger partial charge >= 0.3 is 0 Å². The van der Waals surface area contributed by atoms with Crippen molar-refractivity contribution in [3.05, 3.63) is 126 Å². The number of hydrogen-bond acceptors (Lipinski definition) is 1. The highest BCUT2D eigenvalue weighted by molar-refractivity contribution is 7.00. The van der Waals surface area contributed by atoms with Crippen molar-refractivity contribution in [1.82, 2.24) is 0 Å². The molecule has 35 heavy (non-hydrogen) atoms. The van der Waals surface area contributed by atoms with Gasteiger partial charge in [-0.2, -0.15) is 0 Å². The van der Waals surface area contributed by atoms with Crippen LogP contribution in [-0.2, 0) is 0 Å². The zero-order valence-corrected chi connectivity index (χ0v) is 20.6. The predicted octanol–water partition coefficient (Wildman–Crippen LogP) is 7.03. The quantitative estimate of drug-likeness (QED) is 0.214. The highest BCUT2D eigenvalue weighted by Crippen LogP contribution is 2.43. The number of ether oxygens (including phenoxy) is 1. The molecule has 5 rings (SSSR count). The summed E-state index contributed by atoms with van der Waals surface area (Å²) >= 11 is 0. The molecule has 1 nitrogen and oxygen atoms in total. The molecule has 0 aliphatic heterocycles. The minimum atomic E-state index is 0.127. The number of methoxy groups -OCH3 is 1. The SMILES string of the molecule is COc1ccccc1/C(=C(\B(c1ccccc1)c1ccccc1)c1ccccc1)C1CCCCC1. The Kier molecular flexibility index (Phi) is 7.48. The summed E-state index contributed by atoms with van der Waals surface area (Å²) in [6.07, 6.45) is 6.34. The number of rotatable bonds is 7. The molecule has 2 heteroatoms. The molecule has 1 aliphatic carbocycles. The van der Waals surface area contributed by atoms with Crippen molar-refractivity contribution in [2.45, 2.75) is 32.1 Å². The van der Waals surface area contributed by atoms with E-state index >= 15 is 0 Å². The Morgan fingerprint density at radius 1 is 0.629 bits per heavy atom. The van der Waals surface area contributed by atoms with E-state index in [-0.39, 0.29) is 6.71 Å². The van der Waals surface area contributed by atoms with Crippen molar-refractivity contribution >= 4 is 28.7 Å². The molecule has 0 atom stereocenters. The predicted molar refractivity (Wildman–Crippen MR) is 151 cm³/mol. The van der Waals surface area contributed by atoms with Crippen LogP contribution in [0.25, 0.3) is 11.0 Å². The van der Waals surface area contributed by atoms with Crippen molar-refractivity contribution < 1.29 is 4.74 Å². The molecule has 4 aromatic rings. The standard InChI is InChI=1S/C33H33BO/c1-35-31-25-15-14-24-30(31)32(26-16-6-2-7-17-26)33(27-18-8-3-9-19-27)34(28-20-10-4-11-21-28)29-22-12-5-13-23-29/h3-5,8-15,18-26H,2,6-7,16-17H2,1H3/b33-32-. The molecule has 174 valence electrons. The first-order valence-electron chi connectivity index (χ1n) is 12.9. The van der Waals surface area contributed by atoms with E-state index in [0.29, 0.717) is 5.92 Å². The van der Waals surface area contributed by atoms with Crippen LogP contribution in [0.3, 0.4) is 0 Å². The fourth-order valence-electron chi connectivity index (χ4n) is 5.76. The lowest BCUT2D eigenvalue weighted by Crippen LogP contribution is -2.44. The lowest BCUT2D eigenvalue weighted by molar-refractivity contribution is 0.407. The number of benzene rings is 4. The molecule has 0 bridgehead atoms. The van der Waals surface area contributed by atoms with E-state index < -0.39 is 0 Å². The average molecular weight is 456 g/mol. The van der Waals surface area contributed by atoms with Crippen LogP contribution >= 0.6 is 0 Å². The van der Waals surface area contributed by atoms with Crippen LogP contribution in [0.15, 0.2) is 115 Å². The van der Waals surface area contributed by atoms with E-state index in [0.717, 1.165) is 5.75 Å². The van der Waals surface area contributed by atoms with Crippen molar-refractivity contribution in [3.8, 4) is 5.75 Å². The fourth-order valence-corrected chi connectivity index (χ4v) is 5.76. The smallest absolute Gasteiger partial charge is 0.242 e. The van der Waals surface area contributed by atoms with Gasteiger partial charge in [0, 0.05) is 5.56 Å². The molecule has 0 heterocycles. The van der Waals surface area contributed by atoms with Crippen LogP contribution in [0.2, 0.25) is 0 Å². The van der Waals surface area contributed by atoms with Gasteiger partial charge in [-0.3, -0.25) is 0 Å². The van der Waals surface area contributed by atoms with Gasteiger partial charge in [-0.05, 0) is 36.0 Å². The molecular weight excluding hydrogens is 423 g/mol. The van der Waals surface area contributed by atoms with E-state index in [4.69, 9.17) is 4.74 Å². The van der Waals surface area contributed by atoms with Gasteiger partial charge in [-0.15, -0.1) is 0 Å². The Morgan fingerprint density at radius 3 is 1.71 bits per heavy atom. The number of para-hydroxylation sites is 1. The van der Waals surface area contributed by atoms with Crippen LogP contribution in [-0.4, -0.2) is 13.8 Å². The molecule has 0 saturated heterocycles. The first-order valence-corrected chi connectivity index (χ1v) is 12.9. The minimum Gasteiger partial charge on any atom is -0.496 e. The maximum Gasteiger partial charge on any atom is 0.242 e. The van der Waals surface area contributed by atoms with Crippen molar-refractivity contribution in [1.29, 1.82) is 0 Å². The lowest BCUT2D eigenvalue weighted by Gasteiger charge is -2.31. The molecule has 1 fully saturated rings.